The monoisotopic (exact) mass is 995 g/mol. The van der Waals surface area contributed by atoms with Crippen LogP contribution < -0.4 is 41.0 Å². The van der Waals surface area contributed by atoms with Crippen LogP contribution in [0.25, 0.3) is 0 Å². The Labute approximate surface area is 420 Å². The predicted molar refractivity (Wildman–Crippen MR) is 272 cm³/mol. The first-order valence-corrected chi connectivity index (χ1v) is 23.6. The summed E-state index contributed by atoms with van der Waals surface area (Å²) >= 11 is 0. The van der Waals surface area contributed by atoms with Gasteiger partial charge in [0, 0.05) is 103 Å². The SMILES string of the molecule is COC(=O)CCCCNC(=O)c1cc(NC(=O)c2cc(NC(=O)c3cc(NC(=O)c4cc(CNC(=O)CCCOc5cc6c(cc5OC)C(=O)N5c7ccccc7C[C@H]5C=N6)cn4C)cn3C)cn2C)cn1C. The van der Waals surface area contributed by atoms with Crippen molar-refractivity contribution in [2.24, 2.45) is 33.2 Å². The summed E-state index contributed by atoms with van der Waals surface area (Å²) in [6.45, 7) is 0.758. The zero-order chi connectivity index (χ0) is 51.9. The summed E-state index contributed by atoms with van der Waals surface area (Å²) in [7, 11) is 9.55. The Bertz CT molecular complexity index is 3160. The lowest BCUT2D eigenvalue weighted by molar-refractivity contribution is -0.140. The average molecular weight is 996 g/mol. The molecule has 380 valence electrons. The van der Waals surface area contributed by atoms with Crippen molar-refractivity contribution in [2.45, 2.75) is 51.1 Å². The number of carbonyl (C=O) groups excluding carboxylic acids is 7. The van der Waals surface area contributed by atoms with Crippen LogP contribution in [0.2, 0.25) is 0 Å². The quantitative estimate of drug-likeness (QED) is 0.0466. The number of unbranched alkanes of at least 4 members (excludes halogenated alkanes) is 1. The van der Waals surface area contributed by atoms with Gasteiger partial charge in [-0.3, -0.25) is 43.5 Å². The van der Waals surface area contributed by atoms with Gasteiger partial charge < -0.3 is 59.1 Å². The summed E-state index contributed by atoms with van der Waals surface area (Å²) in [5, 5.41) is 14.1. The number of methoxy groups -OCH3 is 2. The number of rotatable bonds is 20. The first kappa shape index (κ1) is 50.5. The summed E-state index contributed by atoms with van der Waals surface area (Å²) in [6.07, 6.45) is 11.0. The second-order valence-electron chi connectivity index (χ2n) is 17.8. The molecular weight excluding hydrogens is 939 g/mol. The van der Waals surface area contributed by atoms with Crippen molar-refractivity contribution < 1.29 is 47.8 Å². The molecule has 4 aromatic heterocycles. The van der Waals surface area contributed by atoms with Crippen molar-refractivity contribution in [2.75, 3.05) is 48.2 Å². The number of fused-ring (bicyclic) bond motifs is 4. The number of anilines is 4. The second kappa shape index (κ2) is 22.0. The van der Waals surface area contributed by atoms with E-state index in [1.807, 2.05) is 24.3 Å². The number of nitrogens with zero attached hydrogens (tertiary/aromatic N) is 6. The van der Waals surface area contributed by atoms with Crippen LogP contribution in [-0.4, -0.2) is 99.3 Å². The zero-order valence-electron chi connectivity index (χ0n) is 41.4. The molecule has 6 aromatic rings. The van der Waals surface area contributed by atoms with Crippen molar-refractivity contribution in [3.63, 3.8) is 0 Å². The van der Waals surface area contributed by atoms with Gasteiger partial charge in [-0.2, -0.15) is 0 Å². The fourth-order valence-electron chi connectivity index (χ4n) is 8.80. The third-order valence-electron chi connectivity index (χ3n) is 12.5. The van der Waals surface area contributed by atoms with Gasteiger partial charge in [-0.15, -0.1) is 0 Å². The number of aliphatic imine (C=N–C) groups is 1. The summed E-state index contributed by atoms with van der Waals surface area (Å²) in [5.41, 5.74) is 5.81. The average Bonchev–Trinajstić information content (AvgIpc) is 4.19. The molecule has 6 heterocycles. The minimum Gasteiger partial charge on any atom is -0.493 e. The molecule has 21 heteroatoms. The minimum absolute atomic E-state index is 0.163. The lowest BCUT2D eigenvalue weighted by atomic mass is 10.1. The topological polar surface area (TPSA) is 243 Å². The highest BCUT2D eigenvalue weighted by Gasteiger charge is 2.36. The van der Waals surface area contributed by atoms with Crippen LogP contribution >= 0.6 is 0 Å². The highest BCUT2D eigenvalue weighted by atomic mass is 16.5. The van der Waals surface area contributed by atoms with E-state index in [0.29, 0.717) is 89.0 Å². The highest BCUT2D eigenvalue weighted by molar-refractivity contribution is 6.15. The molecule has 73 heavy (non-hydrogen) atoms. The third-order valence-corrected chi connectivity index (χ3v) is 12.5. The number of benzene rings is 2. The number of esters is 1. The summed E-state index contributed by atoms with van der Waals surface area (Å²) in [5.74, 6) is -1.59. The number of nitrogens with one attached hydrogen (secondary N) is 5. The van der Waals surface area contributed by atoms with Gasteiger partial charge in [-0.05, 0) is 66.8 Å². The van der Waals surface area contributed by atoms with Crippen LogP contribution in [0.4, 0.5) is 28.4 Å². The molecule has 0 fully saturated rings. The maximum atomic E-state index is 13.7. The van der Waals surface area contributed by atoms with Crippen LogP contribution in [-0.2, 0) is 55.5 Å². The van der Waals surface area contributed by atoms with Gasteiger partial charge in [0.1, 0.15) is 22.8 Å². The first-order chi connectivity index (χ1) is 35.1. The van der Waals surface area contributed by atoms with E-state index in [1.165, 1.54) is 26.4 Å². The van der Waals surface area contributed by atoms with E-state index in [4.69, 9.17) is 9.47 Å². The van der Waals surface area contributed by atoms with Gasteiger partial charge >= 0.3 is 5.97 Å². The molecule has 0 saturated carbocycles. The molecule has 2 aliphatic heterocycles. The Balaban J connectivity index is 0.781. The van der Waals surface area contributed by atoms with E-state index in [9.17, 15) is 33.6 Å². The third kappa shape index (κ3) is 11.5. The number of aryl methyl sites for hydroxylation is 4. The number of ether oxygens (including phenoxy) is 3. The molecule has 0 unspecified atom stereocenters. The highest BCUT2D eigenvalue weighted by Crippen LogP contribution is 2.41. The van der Waals surface area contributed by atoms with Crippen molar-refractivity contribution >= 4 is 76.1 Å². The molecule has 6 amide bonds. The Morgan fingerprint density at radius 1 is 0.658 bits per heavy atom. The van der Waals surface area contributed by atoms with E-state index in [0.717, 1.165) is 11.3 Å². The second-order valence-corrected chi connectivity index (χ2v) is 17.8. The van der Waals surface area contributed by atoms with Crippen LogP contribution in [0, 0.1) is 0 Å². The molecule has 5 N–H and O–H groups in total. The summed E-state index contributed by atoms with van der Waals surface area (Å²) in [4.78, 5) is 97.3. The molecule has 21 nitrogen and oxygen atoms in total. The van der Waals surface area contributed by atoms with Gasteiger partial charge in [0.05, 0.1) is 55.2 Å². The number of para-hydroxylation sites is 1. The van der Waals surface area contributed by atoms with Gasteiger partial charge in [0.25, 0.3) is 29.5 Å². The molecule has 0 spiro atoms. The lowest BCUT2D eigenvalue weighted by Crippen LogP contribution is -2.37. The predicted octanol–water partition coefficient (Wildman–Crippen LogP) is 5.64. The number of carbonyl (C=O) groups is 7. The van der Waals surface area contributed by atoms with Crippen molar-refractivity contribution in [1.82, 2.24) is 28.9 Å². The fourth-order valence-corrected chi connectivity index (χ4v) is 8.80. The zero-order valence-corrected chi connectivity index (χ0v) is 41.4. The van der Waals surface area contributed by atoms with Crippen LogP contribution in [0.15, 0.2) is 90.4 Å². The summed E-state index contributed by atoms with van der Waals surface area (Å²) in [6, 6.07) is 17.3. The number of amides is 6. The van der Waals surface area contributed by atoms with E-state index in [-0.39, 0.29) is 67.1 Å². The van der Waals surface area contributed by atoms with Crippen LogP contribution in [0.5, 0.6) is 11.5 Å². The first-order valence-electron chi connectivity index (χ1n) is 23.6. The van der Waals surface area contributed by atoms with E-state index < -0.39 is 17.7 Å². The lowest BCUT2D eigenvalue weighted by Gasteiger charge is -2.22. The molecule has 0 saturated heterocycles. The van der Waals surface area contributed by atoms with Gasteiger partial charge in [-0.1, -0.05) is 18.2 Å². The molecular formula is C52H57N11O10. The molecule has 8 rings (SSSR count). The van der Waals surface area contributed by atoms with Gasteiger partial charge in [0.2, 0.25) is 5.91 Å². The molecule has 0 bridgehead atoms. The Hall–Kier alpha value is -8.88. The maximum absolute atomic E-state index is 13.7. The Morgan fingerprint density at radius 3 is 1.86 bits per heavy atom. The normalized spacial score (nSPS) is 13.3. The molecule has 0 aliphatic carbocycles. The smallest absolute Gasteiger partial charge is 0.305 e. The van der Waals surface area contributed by atoms with Crippen molar-refractivity contribution in [3.05, 3.63) is 125 Å². The van der Waals surface area contributed by atoms with Gasteiger partial charge in [-0.25, -0.2) is 0 Å². The van der Waals surface area contributed by atoms with Crippen LogP contribution in [0.3, 0.4) is 0 Å². The van der Waals surface area contributed by atoms with E-state index in [2.05, 4.69) is 36.3 Å². The Kier molecular flexibility index (Phi) is 15.3. The van der Waals surface area contributed by atoms with Crippen molar-refractivity contribution in [1.29, 1.82) is 0 Å². The largest absolute Gasteiger partial charge is 0.493 e. The summed E-state index contributed by atoms with van der Waals surface area (Å²) < 4.78 is 22.6. The maximum Gasteiger partial charge on any atom is 0.305 e. The fraction of sp³-hybridized carbons (Fsp3) is 0.308. The van der Waals surface area contributed by atoms with Crippen molar-refractivity contribution in [3.8, 4) is 11.5 Å². The minimum atomic E-state index is -0.485. The Morgan fingerprint density at radius 2 is 1.25 bits per heavy atom. The van der Waals surface area contributed by atoms with E-state index >= 15 is 0 Å². The molecule has 0 radical (unpaired) electrons. The van der Waals surface area contributed by atoms with Gasteiger partial charge in [0.15, 0.2) is 11.5 Å². The van der Waals surface area contributed by atoms with Crippen LogP contribution in [0.1, 0.15) is 95.5 Å². The molecule has 2 aromatic carbocycles. The standard InChI is InChI=1S/C52H57N11O10/c1-59-27-31(25-55-46(64)14-11-17-73-45-24-38-37(23-44(45)71-5)52(70)63-36(26-54-38)19-32-12-7-8-13-39(32)63)18-40(59)49(67)56-34-21-42(61(3)29-34)51(69)58-35-22-43(62(4)30-35)50(68)57-33-20-41(60(2)28-33)48(66)53-16-10-9-15-47(65)72-6/h7-8,12-13,18,20-24,26-30,36H,9-11,14-17,19,25H2,1-6H3,(H,53,66)(H,55,64)(H,56,67)(H,57,68)(H,58,69)/t36-/m0/s1. The number of aromatic nitrogens is 4. The number of hydrogen-bond acceptors (Lipinski definition) is 11. The number of hydrogen-bond donors (Lipinski definition) is 5. The molecule has 2 aliphatic rings. The van der Waals surface area contributed by atoms with E-state index in [1.54, 1.807) is 107 Å². The molecule has 1 atom stereocenters.